The van der Waals surface area contributed by atoms with E-state index in [1.165, 1.54) is 11.1 Å². The lowest BCUT2D eigenvalue weighted by Crippen LogP contribution is -2.13. The van der Waals surface area contributed by atoms with Gasteiger partial charge in [-0.3, -0.25) is 4.99 Å². The van der Waals surface area contributed by atoms with Crippen LogP contribution in [0.3, 0.4) is 0 Å². The van der Waals surface area contributed by atoms with E-state index in [1.54, 1.807) is 11.8 Å². The van der Waals surface area contributed by atoms with Gasteiger partial charge in [-0.2, -0.15) is 0 Å². The first-order valence-electron chi connectivity index (χ1n) is 6.23. The molecule has 0 bridgehead atoms. The summed E-state index contributed by atoms with van der Waals surface area (Å²) >= 11 is 1.56. The molecule has 2 atom stereocenters. The van der Waals surface area contributed by atoms with Gasteiger partial charge in [0.05, 0.1) is 17.5 Å². The highest BCUT2D eigenvalue weighted by molar-refractivity contribution is 8.15. The molecular formula is C13H16N2O2S2. The van der Waals surface area contributed by atoms with Gasteiger partial charge in [-0.05, 0) is 25.0 Å². The smallest absolute Gasteiger partial charge is 0.161 e. The van der Waals surface area contributed by atoms with Crippen molar-refractivity contribution in [3.8, 4) is 0 Å². The van der Waals surface area contributed by atoms with Gasteiger partial charge >= 0.3 is 0 Å². The Kier molecular flexibility index (Phi) is 3.09. The number of hydrogen-bond acceptors (Lipinski definition) is 5. The van der Waals surface area contributed by atoms with Gasteiger partial charge in [0.15, 0.2) is 15.0 Å². The molecule has 1 N–H and O–H groups in total. The summed E-state index contributed by atoms with van der Waals surface area (Å²) in [6.45, 7) is 4.11. The second-order valence-electron chi connectivity index (χ2n) is 5.13. The number of rotatable bonds is 1. The number of fused-ring (bicyclic) bond motifs is 1. The van der Waals surface area contributed by atoms with Crippen LogP contribution in [0, 0.1) is 13.8 Å². The van der Waals surface area contributed by atoms with Crippen molar-refractivity contribution in [2.45, 2.75) is 25.1 Å². The molecule has 1 aromatic carbocycles. The van der Waals surface area contributed by atoms with Gasteiger partial charge in [-0.25, -0.2) is 8.42 Å². The summed E-state index contributed by atoms with van der Waals surface area (Å²) in [5, 5.41) is 4.30. The first-order chi connectivity index (χ1) is 8.94. The highest BCUT2D eigenvalue weighted by atomic mass is 32.2. The predicted molar refractivity (Wildman–Crippen MR) is 80.8 cm³/mol. The lowest BCUT2D eigenvalue weighted by atomic mass is 10.1. The summed E-state index contributed by atoms with van der Waals surface area (Å²) in [6, 6.07) is 6.07. The Morgan fingerprint density at radius 2 is 1.95 bits per heavy atom. The van der Waals surface area contributed by atoms with Crippen molar-refractivity contribution >= 4 is 32.5 Å². The van der Waals surface area contributed by atoms with Crippen LogP contribution < -0.4 is 5.32 Å². The monoisotopic (exact) mass is 296 g/mol. The van der Waals surface area contributed by atoms with Crippen LogP contribution in [0.5, 0.6) is 0 Å². The van der Waals surface area contributed by atoms with Crippen LogP contribution in [0.2, 0.25) is 0 Å². The van der Waals surface area contributed by atoms with E-state index in [1.807, 2.05) is 6.07 Å². The maximum Gasteiger partial charge on any atom is 0.161 e. The maximum absolute atomic E-state index is 11.5. The topological polar surface area (TPSA) is 58.5 Å². The highest BCUT2D eigenvalue weighted by Crippen LogP contribution is 2.35. The summed E-state index contributed by atoms with van der Waals surface area (Å²) < 4.78 is 23.0. The van der Waals surface area contributed by atoms with Crippen molar-refractivity contribution in [1.82, 2.24) is 0 Å². The van der Waals surface area contributed by atoms with Crippen molar-refractivity contribution in [2.75, 3.05) is 16.8 Å². The lowest BCUT2D eigenvalue weighted by molar-refractivity contribution is 0.601. The van der Waals surface area contributed by atoms with Crippen LogP contribution in [0.15, 0.2) is 23.2 Å². The Hall–Kier alpha value is -1.01. The first kappa shape index (κ1) is 13.0. The van der Waals surface area contributed by atoms with Crippen molar-refractivity contribution in [1.29, 1.82) is 0 Å². The molecular weight excluding hydrogens is 280 g/mol. The fourth-order valence-corrected chi connectivity index (χ4v) is 6.19. The molecule has 2 unspecified atom stereocenters. The number of hydrogen-bond donors (Lipinski definition) is 1. The summed E-state index contributed by atoms with van der Waals surface area (Å²) in [7, 11) is -2.87. The second kappa shape index (κ2) is 4.52. The van der Waals surface area contributed by atoms with Crippen LogP contribution in [-0.4, -0.2) is 36.4 Å². The molecule has 0 aromatic heterocycles. The van der Waals surface area contributed by atoms with Crippen molar-refractivity contribution in [2.24, 2.45) is 4.99 Å². The van der Waals surface area contributed by atoms with Crippen LogP contribution in [0.4, 0.5) is 5.69 Å². The number of benzene rings is 1. The summed E-state index contributed by atoms with van der Waals surface area (Å²) in [4.78, 5) is 4.51. The van der Waals surface area contributed by atoms with Crippen LogP contribution in [-0.2, 0) is 9.84 Å². The zero-order valence-corrected chi connectivity index (χ0v) is 12.5. The van der Waals surface area contributed by atoms with E-state index in [-0.39, 0.29) is 22.8 Å². The number of para-hydroxylation sites is 1. The maximum atomic E-state index is 11.5. The predicted octanol–water partition coefficient (Wildman–Crippen LogP) is 1.98. The third-order valence-electron chi connectivity index (χ3n) is 3.53. The zero-order chi connectivity index (χ0) is 13.6. The molecule has 2 heterocycles. The minimum atomic E-state index is -2.87. The lowest BCUT2D eigenvalue weighted by Gasteiger charge is -2.12. The Morgan fingerprint density at radius 3 is 2.58 bits per heavy atom. The number of anilines is 1. The third kappa shape index (κ3) is 2.51. The van der Waals surface area contributed by atoms with Gasteiger partial charge in [0.1, 0.15) is 0 Å². The Balaban J connectivity index is 1.80. The molecule has 2 aliphatic rings. The summed E-state index contributed by atoms with van der Waals surface area (Å²) in [5.41, 5.74) is 3.43. The Morgan fingerprint density at radius 1 is 1.26 bits per heavy atom. The van der Waals surface area contributed by atoms with Crippen LogP contribution in [0.1, 0.15) is 11.1 Å². The van der Waals surface area contributed by atoms with E-state index < -0.39 is 9.84 Å². The molecule has 6 heteroatoms. The second-order valence-corrected chi connectivity index (χ2v) is 8.51. The first-order valence-corrected chi connectivity index (χ1v) is 8.93. The molecule has 2 aliphatic heterocycles. The molecule has 0 radical (unpaired) electrons. The molecule has 102 valence electrons. The standard InChI is InChI=1S/C13H16N2O2S2/c1-8-4-3-5-9(2)12(8)15-13-14-10-6-19(16,17)7-11(10)18-13/h3-5,10-11H,6-7H2,1-2H3,(H,14,15). The summed E-state index contributed by atoms with van der Waals surface area (Å²) in [5.74, 6) is 0.451. The number of nitrogens with zero attached hydrogens (tertiary/aromatic N) is 1. The zero-order valence-electron chi connectivity index (χ0n) is 10.9. The fraction of sp³-hybridized carbons (Fsp3) is 0.462. The van der Waals surface area contributed by atoms with Crippen molar-refractivity contribution in [3.05, 3.63) is 29.3 Å². The summed E-state index contributed by atoms with van der Waals surface area (Å²) in [6.07, 6.45) is 0. The molecule has 0 amide bonds. The SMILES string of the molecule is Cc1cccc(C)c1NC1=NC2CS(=O)(=O)CC2S1. The Labute approximate surface area is 117 Å². The van der Waals surface area contributed by atoms with E-state index >= 15 is 0 Å². The van der Waals surface area contributed by atoms with Gasteiger partial charge in [-0.15, -0.1) is 0 Å². The molecule has 19 heavy (non-hydrogen) atoms. The van der Waals surface area contributed by atoms with E-state index in [9.17, 15) is 8.42 Å². The molecule has 1 fully saturated rings. The largest absolute Gasteiger partial charge is 0.335 e. The minimum absolute atomic E-state index is 0.0678. The molecule has 1 saturated heterocycles. The number of thioether (sulfide) groups is 1. The van der Waals surface area contributed by atoms with Crippen LogP contribution >= 0.6 is 11.8 Å². The number of sulfone groups is 1. The molecule has 0 spiro atoms. The fourth-order valence-electron chi connectivity index (χ4n) is 2.53. The molecule has 0 saturated carbocycles. The molecule has 3 rings (SSSR count). The average Bonchev–Trinajstić information content (AvgIpc) is 2.76. The average molecular weight is 296 g/mol. The van der Waals surface area contributed by atoms with E-state index in [2.05, 4.69) is 36.3 Å². The van der Waals surface area contributed by atoms with E-state index in [0.717, 1.165) is 10.9 Å². The molecule has 1 aromatic rings. The van der Waals surface area contributed by atoms with Gasteiger partial charge in [0, 0.05) is 10.9 Å². The number of aliphatic imine (C=N–C) groups is 1. The normalized spacial score (nSPS) is 28.0. The van der Waals surface area contributed by atoms with Gasteiger partial charge in [-0.1, -0.05) is 30.0 Å². The number of amidine groups is 1. The van der Waals surface area contributed by atoms with Crippen molar-refractivity contribution in [3.63, 3.8) is 0 Å². The number of aryl methyl sites for hydroxylation is 2. The molecule has 4 nitrogen and oxygen atoms in total. The third-order valence-corrected chi connectivity index (χ3v) is 6.67. The Bertz CT molecular complexity index is 632. The highest BCUT2D eigenvalue weighted by Gasteiger charge is 2.42. The van der Waals surface area contributed by atoms with E-state index in [0.29, 0.717) is 0 Å². The van der Waals surface area contributed by atoms with Gasteiger partial charge in [0.25, 0.3) is 0 Å². The van der Waals surface area contributed by atoms with Gasteiger partial charge in [0.2, 0.25) is 0 Å². The van der Waals surface area contributed by atoms with Gasteiger partial charge < -0.3 is 5.32 Å². The molecule has 0 aliphatic carbocycles. The number of nitrogens with one attached hydrogen (secondary N) is 1. The minimum Gasteiger partial charge on any atom is -0.335 e. The van der Waals surface area contributed by atoms with Crippen molar-refractivity contribution < 1.29 is 8.42 Å². The van der Waals surface area contributed by atoms with E-state index in [4.69, 9.17) is 0 Å². The quantitative estimate of drug-likeness (QED) is 0.861. The van der Waals surface area contributed by atoms with Crippen LogP contribution in [0.25, 0.3) is 0 Å².